The summed E-state index contributed by atoms with van der Waals surface area (Å²) >= 11 is 0. The average Bonchev–Trinajstić information content (AvgIpc) is 3.08. The van der Waals surface area contributed by atoms with Crippen LogP contribution in [0.25, 0.3) is 0 Å². The molecule has 0 unspecified atom stereocenters. The fourth-order valence-electron chi connectivity index (χ4n) is 4.47. The van der Waals surface area contributed by atoms with Gasteiger partial charge in [0.1, 0.15) is 6.54 Å². The van der Waals surface area contributed by atoms with E-state index in [0.29, 0.717) is 38.0 Å². The Morgan fingerprint density at radius 3 is 2.16 bits per heavy atom. The van der Waals surface area contributed by atoms with Gasteiger partial charge in [0.05, 0.1) is 12.1 Å². The van der Waals surface area contributed by atoms with Crippen molar-refractivity contribution in [2.75, 3.05) is 24.5 Å². The summed E-state index contributed by atoms with van der Waals surface area (Å²) in [6.07, 6.45) is 1.77. The molecule has 32 heavy (non-hydrogen) atoms. The minimum Gasteiger partial charge on any atom is -0.342 e. The molecule has 0 aliphatic carbocycles. The van der Waals surface area contributed by atoms with Gasteiger partial charge in [-0.25, -0.2) is 9.69 Å². The SMILES string of the molecule is CC(C)(C)c1ccc(CC(=O)N2CCC(N3CC(=O)N(c4ccccc4)C3=O)CC2)cc1. The Morgan fingerprint density at radius 1 is 0.938 bits per heavy atom. The molecule has 2 aliphatic heterocycles. The number of hydrogen-bond acceptors (Lipinski definition) is 3. The summed E-state index contributed by atoms with van der Waals surface area (Å²) in [7, 11) is 0. The van der Waals surface area contributed by atoms with Crippen LogP contribution in [0.2, 0.25) is 0 Å². The molecule has 0 atom stereocenters. The van der Waals surface area contributed by atoms with Crippen LogP contribution in [-0.2, 0) is 21.4 Å². The Balaban J connectivity index is 1.33. The van der Waals surface area contributed by atoms with Crippen molar-refractivity contribution in [1.82, 2.24) is 9.80 Å². The van der Waals surface area contributed by atoms with Gasteiger partial charge in [0.15, 0.2) is 0 Å². The fraction of sp³-hybridized carbons (Fsp3) is 0.423. The Hall–Kier alpha value is -3.15. The van der Waals surface area contributed by atoms with Gasteiger partial charge in [0, 0.05) is 19.1 Å². The molecule has 0 bridgehead atoms. The van der Waals surface area contributed by atoms with Crippen LogP contribution in [0, 0.1) is 0 Å². The summed E-state index contributed by atoms with van der Waals surface area (Å²) in [5.74, 6) is -0.0832. The number of benzene rings is 2. The van der Waals surface area contributed by atoms with E-state index in [4.69, 9.17) is 0 Å². The van der Waals surface area contributed by atoms with E-state index in [1.54, 1.807) is 17.0 Å². The summed E-state index contributed by atoms with van der Waals surface area (Å²) in [4.78, 5) is 43.0. The first-order chi connectivity index (χ1) is 15.2. The van der Waals surface area contributed by atoms with E-state index < -0.39 is 0 Å². The second kappa shape index (κ2) is 8.77. The number of carbonyl (C=O) groups excluding carboxylic acids is 3. The lowest BCUT2D eigenvalue weighted by atomic mass is 9.86. The maximum atomic E-state index is 12.9. The fourth-order valence-corrected chi connectivity index (χ4v) is 4.47. The van der Waals surface area contributed by atoms with Crippen LogP contribution in [0.4, 0.5) is 10.5 Å². The summed E-state index contributed by atoms with van der Waals surface area (Å²) in [6, 6.07) is 17.0. The molecule has 4 rings (SSSR count). The normalized spacial score (nSPS) is 17.9. The minimum atomic E-state index is -0.259. The average molecular weight is 434 g/mol. The van der Waals surface area contributed by atoms with Crippen molar-refractivity contribution >= 4 is 23.5 Å². The molecule has 2 fully saturated rings. The maximum Gasteiger partial charge on any atom is 0.332 e. The molecule has 0 saturated carbocycles. The Bertz CT molecular complexity index is 987. The molecular formula is C26H31N3O3. The standard InChI is InChI=1S/C26H31N3O3/c1-26(2,3)20-11-9-19(10-12-20)17-23(30)27-15-13-21(14-16-27)28-18-24(31)29(25(28)32)22-7-5-4-6-8-22/h4-12,21H,13-18H2,1-3H3. The molecule has 0 N–H and O–H groups in total. The molecular weight excluding hydrogens is 402 g/mol. The van der Waals surface area contributed by atoms with Crippen LogP contribution in [0.15, 0.2) is 54.6 Å². The lowest BCUT2D eigenvalue weighted by Crippen LogP contribution is -2.48. The van der Waals surface area contributed by atoms with Gasteiger partial charge in [-0.3, -0.25) is 9.59 Å². The van der Waals surface area contributed by atoms with Crippen LogP contribution in [0.5, 0.6) is 0 Å². The summed E-state index contributed by atoms with van der Waals surface area (Å²) < 4.78 is 0. The monoisotopic (exact) mass is 433 g/mol. The molecule has 2 aromatic carbocycles. The number of anilines is 1. The molecule has 168 valence electrons. The number of nitrogens with zero attached hydrogens (tertiary/aromatic N) is 3. The van der Waals surface area contributed by atoms with Crippen LogP contribution in [0.1, 0.15) is 44.7 Å². The predicted molar refractivity (Wildman–Crippen MR) is 124 cm³/mol. The first-order valence-corrected chi connectivity index (χ1v) is 11.3. The molecule has 2 saturated heterocycles. The molecule has 6 nitrogen and oxygen atoms in total. The predicted octanol–water partition coefficient (Wildman–Crippen LogP) is 3.99. The first-order valence-electron chi connectivity index (χ1n) is 11.3. The zero-order valence-corrected chi connectivity index (χ0v) is 19.1. The van der Waals surface area contributed by atoms with Gasteiger partial charge in [-0.1, -0.05) is 63.2 Å². The van der Waals surface area contributed by atoms with Crippen molar-refractivity contribution < 1.29 is 14.4 Å². The number of para-hydroxylation sites is 1. The van der Waals surface area contributed by atoms with E-state index in [-0.39, 0.29) is 35.8 Å². The van der Waals surface area contributed by atoms with Crippen LogP contribution < -0.4 is 4.90 Å². The van der Waals surface area contributed by atoms with E-state index >= 15 is 0 Å². The summed E-state index contributed by atoms with van der Waals surface area (Å²) in [5.41, 5.74) is 2.97. The molecule has 6 heteroatoms. The van der Waals surface area contributed by atoms with Gasteiger partial charge in [-0.15, -0.1) is 0 Å². The number of carbonyl (C=O) groups is 3. The van der Waals surface area contributed by atoms with E-state index in [2.05, 4.69) is 32.9 Å². The lowest BCUT2D eigenvalue weighted by Gasteiger charge is -2.36. The third-order valence-corrected chi connectivity index (χ3v) is 6.44. The second-order valence-corrected chi connectivity index (χ2v) is 9.71. The van der Waals surface area contributed by atoms with Crippen molar-refractivity contribution in [3.63, 3.8) is 0 Å². The quantitative estimate of drug-likeness (QED) is 0.685. The zero-order chi connectivity index (χ0) is 22.9. The third kappa shape index (κ3) is 4.54. The highest BCUT2D eigenvalue weighted by Crippen LogP contribution is 2.27. The number of piperidine rings is 1. The van der Waals surface area contributed by atoms with Crippen LogP contribution in [0.3, 0.4) is 0 Å². The van der Waals surface area contributed by atoms with Gasteiger partial charge in [0.25, 0.3) is 5.91 Å². The number of hydrogen-bond donors (Lipinski definition) is 0. The van der Waals surface area contributed by atoms with Crippen molar-refractivity contribution in [3.8, 4) is 0 Å². The van der Waals surface area contributed by atoms with E-state index in [1.807, 2.05) is 35.2 Å². The van der Waals surface area contributed by atoms with E-state index in [1.165, 1.54) is 10.5 Å². The molecule has 0 radical (unpaired) electrons. The number of rotatable bonds is 4. The molecule has 2 aromatic rings. The Labute approximate surface area is 189 Å². The number of amides is 4. The van der Waals surface area contributed by atoms with Crippen molar-refractivity contribution in [2.24, 2.45) is 0 Å². The topological polar surface area (TPSA) is 60.9 Å². The van der Waals surface area contributed by atoms with Crippen molar-refractivity contribution in [1.29, 1.82) is 0 Å². The van der Waals surface area contributed by atoms with Crippen LogP contribution in [-0.4, -0.2) is 53.3 Å². The highest BCUT2D eigenvalue weighted by atomic mass is 16.2. The molecule has 0 spiro atoms. The molecule has 2 aliphatic rings. The third-order valence-electron chi connectivity index (χ3n) is 6.44. The van der Waals surface area contributed by atoms with E-state index in [0.717, 1.165) is 5.56 Å². The van der Waals surface area contributed by atoms with Gasteiger partial charge < -0.3 is 9.80 Å². The van der Waals surface area contributed by atoms with Gasteiger partial charge >= 0.3 is 6.03 Å². The summed E-state index contributed by atoms with van der Waals surface area (Å²) in [5, 5.41) is 0. The van der Waals surface area contributed by atoms with Crippen molar-refractivity contribution in [2.45, 2.75) is 51.5 Å². The summed E-state index contributed by atoms with van der Waals surface area (Å²) in [6.45, 7) is 7.84. The first kappa shape index (κ1) is 22.1. The molecule has 2 heterocycles. The largest absolute Gasteiger partial charge is 0.342 e. The van der Waals surface area contributed by atoms with Crippen LogP contribution >= 0.6 is 0 Å². The second-order valence-electron chi connectivity index (χ2n) is 9.71. The molecule has 4 amide bonds. The number of urea groups is 1. The number of imide groups is 1. The maximum absolute atomic E-state index is 12.9. The highest BCUT2D eigenvalue weighted by Gasteiger charge is 2.41. The van der Waals surface area contributed by atoms with Crippen molar-refractivity contribution in [3.05, 3.63) is 65.7 Å². The number of likely N-dealkylation sites (tertiary alicyclic amines) is 1. The Kier molecular flexibility index (Phi) is 6.04. The van der Waals surface area contributed by atoms with Gasteiger partial charge in [0.2, 0.25) is 5.91 Å². The zero-order valence-electron chi connectivity index (χ0n) is 19.1. The van der Waals surface area contributed by atoms with E-state index in [9.17, 15) is 14.4 Å². The highest BCUT2D eigenvalue weighted by molar-refractivity contribution is 6.19. The minimum absolute atomic E-state index is 0.0183. The van der Waals surface area contributed by atoms with Gasteiger partial charge in [-0.2, -0.15) is 0 Å². The smallest absolute Gasteiger partial charge is 0.332 e. The lowest BCUT2D eigenvalue weighted by molar-refractivity contribution is -0.132. The Morgan fingerprint density at radius 2 is 1.56 bits per heavy atom. The molecule has 0 aromatic heterocycles. The van der Waals surface area contributed by atoms with Gasteiger partial charge in [-0.05, 0) is 41.5 Å².